The maximum atomic E-state index is 4.37. The molecular weight excluding hydrogens is 244 g/mol. The Labute approximate surface area is 111 Å². The number of nitrogens with zero attached hydrogens (tertiary/aromatic N) is 2. The van der Waals surface area contributed by atoms with Crippen LogP contribution in [0.15, 0.2) is 29.9 Å². The maximum absolute atomic E-state index is 4.37. The van der Waals surface area contributed by atoms with Crippen LogP contribution in [0.3, 0.4) is 0 Å². The summed E-state index contributed by atoms with van der Waals surface area (Å²) in [4.78, 5) is 8.63. The van der Waals surface area contributed by atoms with E-state index >= 15 is 0 Å². The van der Waals surface area contributed by atoms with Crippen LogP contribution < -0.4 is 10.6 Å². The summed E-state index contributed by atoms with van der Waals surface area (Å²) in [5.41, 5.74) is 1.07. The molecule has 1 atom stereocenters. The summed E-state index contributed by atoms with van der Waals surface area (Å²) < 4.78 is 0. The fourth-order valence-corrected chi connectivity index (χ4v) is 2.52. The Morgan fingerprint density at radius 2 is 2.17 bits per heavy atom. The second-order valence-corrected chi connectivity index (χ2v) is 4.86. The van der Waals surface area contributed by atoms with E-state index in [0.29, 0.717) is 0 Å². The van der Waals surface area contributed by atoms with Gasteiger partial charge < -0.3 is 10.6 Å². The van der Waals surface area contributed by atoms with Crippen LogP contribution >= 0.6 is 11.3 Å². The molecule has 0 fully saturated rings. The zero-order valence-corrected chi connectivity index (χ0v) is 11.5. The molecule has 5 heteroatoms. The largest absolute Gasteiger partial charge is 0.376 e. The molecular formula is C13H18N4S. The first kappa shape index (κ1) is 12.8. The van der Waals surface area contributed by atoms with E-state index in [-0.39, 0.29) is 6.04 Å². The lowest BCUT2D eigenvalue weighted by Gasteiger charge is -2.16. The molecule has 2 N–H and O–H groups in total. The van der Waals surface area contributed by atoms with Gasteiger partial charge in [-0.15, -0.1) is 11.3 Å². The summed E-state index contributed by atoms with van der Waals surface area (Å²) >= 11 is 1.68. The van der Waals surface area contributed by atoms with Crippen molar-refractivity contribution in [3.63, 3.8) is 0 Å². The third kappa shape index (κ3) is 3.20. The van der Waals surface area contributed by atoms with Gasteiger partial charge in [-0.3, -0.25) is 0 Å². The van der Waals surface area contributed by atoms with E-state index in [4.69, 9.17) is 0 Å². The van der Waals surface area contributed by atoms with Crippen LogP contribution in [-0.2, 0) is 0 Å². The molecule has 0 radical (unpaired) electrons. The lowest BCUT2D eigenvalue weighted by atomic mass is 10.2. The van der Waals surface area contributed by atoms with Crippen molar-refractivity contribution in [2.75, 3.05) is 17.2 Å². The quantitative estimate of drug-likeness (QED) is 0.836. The Kier molecular flexibility index (Phi) is 4.52. The first-order chi connectivity index (χ1) is 8.83. The van der Waals surface area contributed by atoms with E-state index in [1.165, 1.54) is 0 Å². The molecule has 0 spiro atoms. The van der Waals surface area contributed by atoms with Gasteiger partial charge in [-0.25, -0.2) is 9.97 Å². The number of hydrogen-bond donors (Lipinski definition) is 2. The standard InChI is InChI=1S/C13H18N4S/c1-3-11(13-16-7-8-18-13)17-10-5-6-15-12(9-10)14-4-2/h5-9,11H,3-4H2,1-2H3,(H2,14,15,17). The SMILES string of the molecule is CCNc1cc(NC(CC)c2nccs2)ccn1. The zero-order valence-electron chi connectivity index (χ0n) is 10.7. The first-order valence-electron chi connectivity index (χ1n) is 6.19. The summed E-state index contributed by atoms with van der Waals surface area (Å²) in [6.45, 7) is 5.10. The number of nitrogens with one attached hydrogen (secondary N) is 2. The van der Waals surface area contributed by atoms with Crippen molar-refractivity contribution < 1.29 is 0 Å². The minimum absolute atomic E-state index is 0.266. The minimum Gasteiger partial charge on any atom is -0.376 e. The Morgan fingerprint density at radius 1 is 1.28 bits per heavy atom. The number of rotatable bonds is 6. The molecule has 0 aliphatic carbocycles. The molecule has 2 heterocycles. The third-order valence-corrected chi connectivity index (χ3v) is 3.51. The summed E-state index contributed by atoms with van der Waals surface area (Å²) in [5, 5.41) is 9.84. The highest BCUT2D eigenvalue weighted by Gasteiger charge is 2.11. The average Bonchev–Trinajstić information content (AvgIpc) is 2.90. The molecule has 2 rings (SSSR count). The van der Waals surface area contributed by atoms with Gasteiger partial charge in [0.25, 0.3) is 0 Å². The smallest absolute Gasteiger partial charge is 0.127 e. The van der Waals surface area contributed by atoms with Crippen LogP contribution in [0.5, 0.6) is 0 Å². The summed E-state index contributed by atoms with van der Waals surface area (Å²) in [7, 11) is 0. The van der Waals surface area contributed by atoms with Gasteiger partial charge in [0.05, 0.1) is 6.04 Å². The van der Waals surface area contributed by atoms with Crippen LogP contribution in [0.1, 0.15) is 31.3 Å². The monoisotopic (exact) mass is 262 g/mol. The molecule has 0 amide bonds. The molecule has 2 aromatic rings. The molecule has 0 aliphatic rings. The van der Waals surface area contributed by atoms with E-state index in [1.54, 1.807) is 11.3 Å². The molecule has 4 nitrogen and oxygen atoms in total. The average molecular weight is 262 g/mol. The number of aromatic nitrogens is 2. The normalized spacial score (nSPS) is 12.1. The van der Waals surface area contributed by atoms with Crippen molar-refractivity contribution in [1.82, 2.24) is 9.97 Å². The number of anilines is 2. The minimum atomic E-state index is 0.266. The topological polar surface area (TPSA) is 49.8 Å². The van der Waals surface area contributed by atoms with Crippen molar-refractivity contribution in [2.24, 2.45) is 0 Å². The fraction of sp³-hybridized carbons (Fsp3) is 0.385. The van der Waals surface area contributed by atoms with Gasteiger partial charge in [0.2, 0.25) is 0 Å². The number of hydrogen-bond acceptors (Lipinski definition) is 5. The second-order valence-electron chi connectivity index (χ2n) is 3.94. The molecule has 2 aromatic heterocycles. The molecule has 0 aromatic carbocycles. The van der Waals surface area contributed by atoms with Gasteiger partial charge in [0, 0.05) is 36.1 Å². The summed E-state index contributed by atoms with van der Waals surface area (Å²) in [6.07, 6.45) is 4.67. The van der Waals surface area contributed by atoms with Crippen molar-refractivity contribution in [3.05, 3.63) is 34.9 Å². The number of thiazole rings is 1. The van der Waals surface area contributed by atoms with Gasteiger partial charge >= 0.3 is 0 Å². The Balaban J connectivity index is 2.09. The third-order valence-electron chi connectivity index (χ3n) is 2.62. The summed E-state index contributed by atoms with van der Waals surface area (Å²) in [6, 6.07) is 4.28. The fourth-order valence-electron chi connectivity index (χ4n) is 1.74. The Hall–Kier alpha value is -1.62. The van der Waals surface area contributed by atoms with Gasteiger partial charge in [-0.2, -0.15) is 0 Å². The molecule has 1 unspecified atom stereocenters. The molecule has 0 aliphatic heterocycles. The van der Waals surface area contributed by atoms with Gasteiger partial charge in [0.1, 0.15) is 10.8 Å². The van der Waals surface area contributed by atoms with E-state index in [1.807, 2.05) is 29.9 Å². The van der Waals surface area contributed by atoms with Crippen molar-refractivity contribution in [2.45, 2.75) is 26.3 Å². The lowest BCUT2D eigenvalue weighted by molar-refractivity contribution is 0.742. The Bertz CT molecular complexity index is 470. The predicted molar refractivity (Wildman–Crippen MR) is 77.2 cm³/mol. The lowest BCUT2D eigenvalue weighted by Crippen LogP contribution is -2.10. The molecule has 0 saturated heterocycles. The number of pyridine rings is 1. The summed E-state index contributed by atoms with van der Waals surface area (Å²) in [5.74, 6) is 0.900. The Morgan fingerprint density at radius 3 is 2.83 bits per heavy atom. The first-order valence-corrected chi connectivity index (χ1v) is 7.07. The molecule has 18 heavy (non-hydrogen) atoms. The predicted octanol–water partition coefficient (Wildman–Crippen LogP) is 3.53. The van der Waals surface area contributed by atoms with Crippen LogP contribution in [0.4, 0.5) is 11.5 Å². The molecule has 96 valence electrons. The van der Waals surface area contributed by atoms with Crippen LogP contribution in [0.25, 0.3) is 0 Å². The van der Waals surface area contributed by atoms with Crippen molar-refractivity contribution in [3.8, 4) is 0 Å². The van der Waals surface area contributed by atoms with Gasteiger partial charge in [-0.1, -0.05) is 6.92 Å². The van der Waals surface area contributed by atoms with E-state index in [2.05, 4.69) is 34.4 Å². The van der Waals surface area contributed by atoms with Gasteiger partial charge in [-0.05, 0) is 19.4 Å². The molecule has 0 saturated carbocycles. The van der Waals surface area contributed by atoms with E-state index < -0.39 is 0 Å². The van der Waals surface area contributed by atoms with E-state index in [9.17, 15) is 0 Å². The maximum Gasteiger partial charge on any atom is 0.127 e. The van der Waals surface area contributed by atoms with Crippen LogP contribution in [-0.4, -0.2) is 16.5 Å². The second kappa shape index (κ2) is 6.35. The molecule has 0 bridgehead atoms. The van der Waals surface area contributed by atoms with Crippen molar-refractivity contribution in [1.29, 1.82) is 0 Å². The highest BCUT2D eigenvalue weighted by atomic mass is 32.1. The highest BCUT2D eigenvalue weighted by molar-refractivity contribution is 7.09. The van der Waals surface area contributed by atoms with Crippen LogP contribution in [0, 0.1) is 0 Å². The van der Waals surface area contributed by atoms with Crippen LogP contribution in [0.2, 0.25) is 0 Å². The van der Waals surface area contributed by atoms with Gasteiger partial charge in [0.15, 0.2) is 0 Å². The highest BCUT2D eigenvalue weighted by Crippen LogP contribution is 2.24. The van der Waals surface area contributed by atoms with Crippen molar-refractivity contribution >= 4 is 22.8 Å². The van der Waals surface area contributed by atoms with E-state index in [0.717, 1.165) is 29.5 Å². The zero-order chi connectivity index (χ0) is 12.8.